The lowest BCUT2D eigenvalue weighted by Gasteiger charge is -2.28. The van der Waals surface area contributed by atoms with Gasteiger partial charge in [-0.3, -0.25) is 4.90 Å². The lowest BCUT2D eigenvalue weighted by molar-refractivity contribution is 0.224. The van der Waals surface area contributed by atoms with Crippen LogP contribution in [0.25, 0.3) is 0 Å². The highest BCUT2D eigenvalue weighted by molar-refractivity contribution is 9.10. The molecule has 15 heavy (non-hydrogen) atoms. The third-order valence-electron chi connectivity index (χ3n) is 2.73. The molecular formula is C12H19BrN2. The molecular weight excluding hydrogens is 252 g/mol. The molecule has 0 heterocycles. The van der Waals surface area contributed by atoms with E-state index in [1.807, 2.05) is 0 Å². The molecule has 1 atom stereocenters. The van der Waals surface area contributed by atoms with E-state index >= 15 is 0 Å². The van der Waals surface area contributed by atoms with E-state index in [0.29, 0.717) is 12.6 Å². The van der Waals surface area contributed by atoms with Crippen LogP contribution in [-0.4, -0.2) is 24.5 Å². The molecule has 0 radical (unpaired) electrons. The highest BCUT2D eigenvalue weighted by atomic mass is 79.9. The number of halogens is 1. The molecule has 0 saturated heterocycles. The molecule has 0 unspecified atom stereocenters. The van der Waals surface area contributed by atoms with Crippen molar-refractivity contribution in [3.8, 4) is 0 Å². The zero-order valence-electron chi connectivity index (χ0n) is 9.41. The summed E-state index contributed by atoms with van der Waals surface area (Å²) >= 11 is 3.44. The van der Waals surface area contributed by atoms with E-state index in [1.54, 1.807) is 0 Å². The first-order valence-corrected chi connectivity index (χ1v) is 6.21. The minimum Gasteiger partial charge on any atom is -0.329 e. The van der Waals surface area contributed by atoms with Gasteiger partial charge in [-0.15, -0.1) is 0 Å². The third kappa shape index (κ3) is 3.30. The van der Waals surface area contributed by atoms with Gasteiger partial charge in [0, 0.05) is 17.1 Å². The summed E-state index contributed by atoms with van der Waals surface area (Å²) in [6.07, 6.45) is 0. The number of likely N-dealkylation sites (N-methyl/N-ethyl adjacent to an activating group) is 1. The van der Waals surface area contributed by atoms with Gasteiger partial charge in [-0.2, -0.15) is 0 Å². The maximum atomic E-state index is 5.84. The second kappa shape index (κ2) is 6.26. The average molecular weight is 271 g/mol. The van der Waals surface area contributed by atoms with Crippen molar-refractivity contribution in [2.45, 2.75) is 19.9 Å². The highest BCUT2D eigenvalue weighted by Crippen LogP contribution is 2.21. The van der Waals surface area contributed by atoms with Crippen molar-refractivity contribution in [1.29, 1.82) is 0 Å². The molecule has 0 fully saturated rings. The second-order valence-electron chi connectivity index (χ2n) is 3.52. The number of nitrogens with zero attached hydrogens (tertiary/aromatic N) is 1. The van der Waals surface area contributed by atoms with Crippen molar-refractivity contribution in [2.24, 2.45) is 5.73 Å². The molecule has 0 bridgehead atoms. The van der Waals surface area contributed by atoms with Gasteiger partial charge < -0.3 is 5.73 Å². The van der Waals surface area contributed by atoms with Crippen LogP contribution in [0.2, 0.25) is 0 Å². The predicted octanol–water partition coefficient (Wildman–Crippen LogP) is 2.79. The summed E-state index contributed by atoms with van der Waals surface area (Å²) in [6, 6.07) is 8.76. The molecule has 3 heteroatoms. The third-order valence-corrected chi connectivity index (χ3v) is 3.26. The molecule has 0 spiro atoms. The van der Waals surface area contributed by atoms with Crippen LogP contribution in [0.4, 0.5) is 0 Å². The van der Waals surface area contributed by atoms with Crippen molar-refractivity contribution in [2.75, 3.05) is 19.6 Å². The Bertz CT molecular complexity index is 280. The Hall–Kier alpha value is -0.380. The van der Waals surface area contributed by atoms with Crippen molar-refractivity contribution < 1.29 is 0 Å². The zero-order valence-corrected chi connectivity index (χ0v) is 11.0. The van der Waals surface area contributed by atoms with E-state index in [9.17, 15) is 0 Å². The Kier molecular flexibility index (Phi) is 5.29. The zero-order chi connectivity index (χ0) is 11.3. The average Bonchev–Trinajstić information content (AvgIpc) is 2.27. The van der Waals surface area contributed by atoms with Crippen LogP contribution < -0.4 is 5.73 Å². The summed E-state index contributed by atoms with van der Waals surface area (Å²) in [4.78, 5) is 2.38. The van der Waals surface area contributed by atoms with Crippen LogP contribution in [-0.2, 0) is 0 Å². The summed E-state index contributed by atoms with van der Waals surface area (Å²) in [6.45, 7) is 7.09. The molecule has 0 aliphatic heterocycles. The van der Waals surface area contributed by atoms with Crippen LogP contribution >= 0.6 is 15.9 Å². The Morgan fingerprint density at radius 3 is 2.13 bits per heavy atom. The summed E-state index contributed by atoms with van der Waals surface area (Å²) in [5.74, 6) is 0. The molecule has 1 rings (SSSR count). The standard InChI is InChI=1S/C12H19BrN2/c1-3-15(4-2)12(9-14)10-5-7-11(13)8-6-10/h5-8,12H,3-4,9,14H2,1-2H3/t12-/m0/s1. The van der Waals surface area contributed by atoms with Crippen LogP contribution in [0.1, 0.15) is 25.5 Å². The second-order valence-corrected chi connectivity index (χ2v) is 4.44. The Morgan fingerprint density at radius 2 is 1.73 bits per heavy atom. The van der Waals surface area contributed by atoms with Crippen molar-refractivity contribution >= 4 is 15.9 Å². The molecule has 2 nitrogen and oxygen atoms in total. The first-order chi connectivity index (χ1) is 7.22. The molecule has 2 N–H and O–H groups in total. The number of nitrogens with two attached hydrogens (primary N) is 1. The summed E-state index contributed by atoms with van der Waals surface area (Å²) in [5, 5.41) is 0. The minimum atomic E-state index is 0.341. The van der Waals surface area contributed by atoms with E-state index in [4.69, 9.17) is 5.73 Å². The quantitative estimate of drug-likeness (QED) is 0.892. The van der Waals surface area contributed by atoms with Gasteiger partial charge in [-0.25, -0.2) is 0 Å². The molecule has 0 aromatic heterocycles. The van der Waals surface area contributed by atoms with Gasteiger partial charge in [0.25, 0.3) is 0 Å². The van der Waals surface area contributed by atoms with Crippen LogP contribution in [0.15, 0.2) is 28.7 Å². The number of benzene rings is 1. The fourth-order valence-corrected chi connectivity index (χ4v) is 2.11. The van der Waals surface area contributed by atoms with Gasteiger partial charge in [-0.05, 0) is 30.8 Å². The lowest BCUT2D eigenvalue weighted by Crippen LogP contribution is -2.33. The van der Waals surface area contributed by atoms with Gasteiger partial charge >= 0.3 is 0 Å². The first kappa shape index (κ1) is 12.7. The normalized spacial score (nSPS) is 13.1. The van der Waals surface area contributed by atoms with E-state index in [0.717, 1.165) is 17.6 Å². The van der Waals surface area contributed by atoms with E-state index in [1.165, 1.54) is 5.56 Å². The smallest absolute Gasteiger partial charge is 0.0470 e. The van der Waals surface area contributed by atoms with Gasteiger partial charge in [0.1, 0.15) is 0 Å². The maximum absolute atomic E-state index is 5.84. The number of hydrogen-bond donors (Lipinski definition) is 1. The summed E-state index contributed by atoms with van der Waals surface area (Å²) < 4.78 is 1.11. The van der Waals surface area contributed by atoms with Gasteiger partial charge in [0.2, 0.25) is 0 Å². The molecule has 0 amide bonds. The topological polar surface area (TPSA) is 29.3 Å². The predicted molar refractivity (Wildman–Crippen MR) is 68.9 cm³/mol. The molecule has 0 saturated carbocycles. The Balaban J connectivity index is 2.86. The van der Waals surface area contributed by atoms with E-state index in [2.05, 4.69) is 58.9 Å². The van der Waals surface area contributed by atoms with Crippen LogP contribution in [0.5, 0.6) is 0 Å². The number of rotatable bonds is 5. The minimum absolute atomic E-state index is 0.341. The molecule has 0 aliphatic carbocycles. The fourth-order valence-electron chi connectivity index (χ4n) is 1.85. The van der Waals surface area contributed by atoms with Gasteiger partial charge in [0.05, 0.1) is 0 Å². The molecule has 1 aromatic rings. The Morgan fingerprint density at radius 1 is 1.20 bits per heavy atom. The van der Waals surface area contributed by atoms with Crippen LogP contribution in [0, 0.1) is 0 Å². The SMILES string of the molecule is CCN(CC)[C@@H](CN)c1ccc(Br)cc1. The van der Waals surface area contributed by atoms with Gasteiger partial charge in [-0.1, -0.05) is 41.9 Å². The number of hydrogen-bond acceptors (Lipinski definition) is 2. The molecule has 84 valence electrons. The summed E-state index contributed by atoms with van der Waals surface area (Å²) in [5.41, 5.74) is 7.14. The van der Waals surface area contributed by atoms with E-state index in [-0.39, 0.29) is 0 Å². The monoisotopic (exact) mass is 270 g/mol. The van der Waals surface area contributed by atoms with Crippen molar-refractivity contribution in [1.82, 2.24) is 4.90 Å². The maximum Gasteiger partial charge on any atom is 0.0470 e. The molecule has 1 aromatic carbocycles. The lowest BCUT2D eigenvalue weighted by atomic mass is 10.1. The highest BCUT2D eigenvalue weighted by Gasteiger charge is 2.15. The van der Waals surface area contributed by atoms with E-state index < -0.39 is 0 Å². The largest absolute Gasteiger partial charge is 0.329 e. The first-order valence-electron chi connectivity index (χ1n) is 5.42. The van der Waals surface area contributed by atoms with Crippen molar-refractivity contribution in [3.05, 3.63) is 34.3 Å². The molecule has 0 aliphatic rings. The van der Waals surface area contributed by atoms with Gasteiger partial charge in [0.15, 0.2) is 0 Å². The van der Waals surface area contributed by atoms with Crippen LogP contribution in [0.3, 0.4) is 0 Å². The Labute approximate surface area is 101 Å². The fraction of sp³-hybridized carbons (Fsp3) is 0.500. The van der Waals surface area contributed by atoms with Crippen molar-refractivity contribution in [3.63, 3.8) is 0 Å². The summed E-state index contributed by atoms with van der Waals surface area (Å²) in [7, 11) is 0.